The van der Waals surface area contributed by atoms with Crippen molar-refractivity contribution in [1.82, 2.24) is 19.0 Å². The minimum absolute atomic E-state index is 0.00369. The number of para-hydroxylation sites is 1. The van der Waals surface area contributed by atoms with E-state index in [2.05, 4.69) is 64.6 Å². The summed E-state index contributed by atoms with van der Waals surface area (Å²) in [5, 5.41) is 2.54. The average Bonchev–Trinajstić information content (AvgIpc) is 3.50. The highest BCUT2D eigenvalue weighted by molar-refractivity contribution is 6.09. The molecule has 0 bridgehead atoms. The van der Waals surface area contributed by atoms with Crippen LogP contribution in [0.2, 0.25) is 0 Å². The first-order valence-corrected chi connectivity index (χ1v) is 11.8. The van der Waals surface area contributed by atoms with Crippen molar-refractivity contribution < 1.29 is 4.79 Å². The second-order valence-electron chi connectivity index (χ2n) is 9.39. The van der Waals surface area contributed by atoms with E-state index in [0.29, 0.717) is 5.56 Å². The molecule has 1 saturated carbocycles. The summed E-state index contributed by atoms with van der Waals surface area (Å²) in [5.74, 6) is 1.71. The Hall–Kier alpha value is -3.60. The molecule has 0 unspecified atom stereocenters. The van der Waals surface area contributed by atoms with Crippen molar-refractivity contribution in [2.24, 2.45) is 5.92 Å². The topological polar surface area (TPSA) is 43.1 Å². The third kappa shape index (κ3) is 3.22. The van der Waals surface area contributed by atoms with Crippen LogP contribution in [0.5, 0.6) is 0 Å². The predicted molar refractivity (Wildman–Crippen MR) is 135 cm³/mol. The van der Waals surface area contributed by atoms with Gasteiger partial charge in [-0.2, -0.15) is 0 Å². The Labute approximate surface area is 193 Å². The van der Waals surface area contributed by atoms with Crippen molar-refractivity contribution in [2.45, 2.75) is 32.9 Å². The number of imidazole rings is 1. The lowest BCUT2D eigenvalue weighted by Crippen LogP contribution is -2.21. The molecular formula is C28H28N4O. The molecule has 0 radical (unpaired) electrons. The molecule has 3 aromatic carbocycles. The van der Waals surface area contributed by atoms with E-state index >= 15 is 0 Å². The van der Waals surface area contributed by atoms with Crippen LogP contribution in [0.3, 0.4) is 0 Å². The van der Waals surface area contributed by atoms with Gasteiger partial charge in [0.05, 0.1) is 11.0 Å². The van der Waals surface area contributed by atoms with Gasteiger partial charge in [-0.3, -0.25) is 4.79 Å². The Bertz CT molecular complexity index is 1530. The third-order valence-electron chi connectivity index (χ3n) is 6.89. The highest BCUT2D eigenvalue weighted by Gasteiger charge is 2.25. The standard InChI is InChI=1S/C28H28N4O/c1-4-31-24-8-6-5-7-21(24)22-15-19(11-13-25(22)31)27-29-23-16-20(28(33)30(2)3)12-14-26(23)32(27)17-18-9-10-18/h5-8,11-16,18H,4,9-10,17H2,1-3H3. The van der Waals surface area contributed by atoms with Gasteiger partial charge in [0.1, 0.15) is 5.82 Å². The zero-order valence-electron chi connectivity index (χ0n) is 19.4. The fourth-order valence-electron chi connectivity index (χ4n) is 5.02. The molecule has 1 fully saturated rings. The number of hydrogen-bond acceptors (Lipinski definition) is 2. The third-order valence-corrected chi connectivity index (χ3v) is 6.89. The van der Waals surface area contributed by atoms with Crippen molar-refractivity contribution in [2.75, 3.05) is 14.1 Å². The molecule has 0 spiro atoms. The van der Waals surface area contributed by atoms with Crippen molar-refractivity contribution >= 4 is 38.7 Å². The zero-order chi connectivity index (χ0) is 22.7. The minimum atomic E-state index is 0.00369. The summed E-state index contributed by atoms with van der Waals surface area (Å²) in [7, 11) is 3.57. The van der Waals surface area contributed by atoms with Gasteiger partial charge in [0.2, 0.25) is 0 Å². The average molecular weight is 437 g/mol. The maximum absolute atomic E-state index is 12.5. The van der Waals surface area contributed by atoms with Crippen molar-refractivity contribution in [1.29, 1.82) is 0 Å². The Balaban J connectivity index is 1.56. The monoisotopic (exact) mass is 436 g/mol. The van der Waals surface area contributed by atoms with E-state index in [0.717, 1.165) is 41.4 Å². The predicted octanol–water partition coefficient (Wildman–Crippen LogP) is 5.94. The van der Waals surface area contributed by atoms with Gasteiger partial charge in [-0.1, -0.05) is 18.2 Å². The fourth-order valence-corrected chi connectivity index (χ4v) is 5.02. The molecular weight excluding hydrogens is 408 g/mol. The van der Waals surface area contributed by atoms with Crippen LogP contribution in [0.4, 0.5) is 0 Å². The molecule has 0 atom stereocenters. The first-order valence-electron chi connectivity index (χ1n) is 11.8. The van der Waals surface area contributed by atoms with Gasteiger partial charge in [-0.25, -0.2) is 4.98 Å². The molecule has 0 saturated heterocycles. The summed E-state index contributed by atoms with van der Waals surface area (Å²) in [6, 6.07) is 21.3. The van der Waals surface area contributed by atoms with E-state index in [1.807, 2.05) is 12.1 Å². The lowest BCUT2D eigenvalue weighted by atomic mass is 10.1. The van der Waals surface area contributed by atoms with Crippen LogP contribution in [0.1, 0.15) is 30.1 Å². The molecule has 5 nitrogen and oxygen atoms in total. The fraction of sp³-hybridized carbons (Fsp3) is 0.286. The van der Waals surface area contributed by atoms with Crippen LogP contribution in [-0.2, 0) is 13.1 Å². The van der Waals surface area contributed by atoms with Gasteiger partial charge < -0.3 is 14.0 Å². The summed E-state index contributed by atoms with van der Waals surface area (Å²) in [6.45, 7) is 4.11. The van der Waals surface area contributed by atoms with Crippen LogP contribution in [-0.4, -0.2) is 39.0 Å². The molecule has 5 heteroatoms. The van der Waals surface area contributed by atoms with Crippen molar-refractivity contribution in [3.05, 3.63) is 66.2 Å². The van der Waals surface area contributed by atoms with E-state index in [4.69, 9.17) is 4.98 Å². The highest BCUT2D eigenvalue weighted by atomic mass is 16.2. The number of hydrogen-bond donors (Lipinski definition) is 0. The van der Waals surface area contributed by atoms with Crippen LogP contribution in [0.15, 0.2) is 60.7 Å². The molecule has 0 N–H and O–H groups in total. The highest BCUT2D eigenvalue weighted by Crippen LogP contribution is 2.37. The molecule has 33 heavy (non-hydrogen) atoms. The number of benzene rings is 3. The molecule has 166 valence electrons. The molecule has 1 aliphatic rings. The van der Waals surface area contributed by atoms with Gasteiger partial charge in [0.15, 0.2) is 0 Å². The molecule has 1 aliphatic carbocycles. The number of nitrogens with zero attached hydrogens (tertiary/aromatic N) is 4. The zero-order valence-corrected chi connectivity index (χ0v) is 19.4. The maximum Gasteiger partial charge on any atom is 0.253 e. The summed E-state index contributed by atoms with van der Waals surface area (Å²) in [4.78, 5) is 19.2. The largest absolute Gasteiger partial charge is 0.345 e. The van der Waals surface area contributed by atoms with Gasteiger partial charge in [0.25, 0.3) is 5.91 Å². The van der Waals surface area contributed by atoms with Crippen LogP contribution in [0, 0.1) is 5.92 Å². The van der Waals surface area contributed by atoms with Gasteiger partial charge in [-0.05, 0) is 68.1 Å². The van der Waals surface area contributed by atoms with Crippen molar-refractivity contribution in [3.8, 4) is 11.4 Å². The van der Waals surface area contributed by atoms with Gasteiger partial charge in [-0.15, -0.1) is 0 Å². The lowest BCUT2D eigenvalue weighted by Gasteiger charge is -2.11. The number of aryl methyl sites for hydroxylation is 1. The van der Waals surface area contributed by atoms with E-state index in [-0.39, 0.29) is 5.91 Å². The Morgan fingerprint density at radius 1 is 0.939 bits per heavy atom. The summed E-state index contributed by atoms with van der Waals surface area (Å²) >= 11 is 0. The van der Waals surface area contributed by atoms with Crippen LogP contribution >= 0.6 is 0 Å². The smallest absolute Gasteiger partial charge is 0.253 e. The summed E-state index contributed by atoms with van der Waals surface area (Å²) in [5.41, 5.74) is 6.31. The Kier molecular flexibility index (Phi) is 4.54. The number of carbonyl (C=O) groups excluding carboxylic acids is 1. The SMILES string of the molecule is CCn1c2ccccc2c2cc(-c3nc4cc(C(=O)N(C)C)ccc4n3CC3CC3)ccc21. The van der Waals surface area contributed by atoms with E-state index in [9.17, 15) is 4.79 Å². The number of carbonyl (C=O) groups is 1. The second kappa shape index (κ2) is 7.48. The molecule has 6 rings (SSSR count). The second-order valence-corrected chi connectivity index (χ2v) is 9.39. The number of amides is 1. The van der Waals surface area contributed by atoms with Crippen LogP contribution in [0.25, 0.3) is 44.2 Å². The number of aromatic nitrogens is 3. The first kappa shape index (κ1) is 20.0. The van der Waals surface area contributed by atoms with Gasteiger partial charge >= 0.3 is 0 Å². The lowest BCUT2D eigenvalue weighted by molar-refractivity contribution is 0.0827. The molecule has 2 heterocycles. The quantitative estimate of drug-likeness (QED) is 0.342. The summed E-state index contributed by atoms with van der Waals surface area (Å²) in [6.07, 6.45) is 2.55. The first-order chi connectivity index (χ1) is 16.0. The molecule has 1 amide bonds. The Morgan fingerprint density at radius 3 is 2.45 bits per heavy atom. The van der Waals surface area contributed by atoms with Crippen LogP contribution < -0.4 is 0 Å². The van der Waals surface area contributed by atoms with E-state index in [1.165, 1.54) is 34.6 Å². The summed E-state index contributed by atoms with van der Waals surface area (Å²) < 4.78 is 4.73. The maximum atomic E-state index is 12.5. The molecule has 5 aromatic rings. The van der Waals surface area contributed by atoms with Gasteiger partial charge in [0, 0.05) is 60.1 Å². The molecule has 0 aliphatic heterocycles. The van der Waals surface area contributed by atoms with E-state index in [1.54, 1.807) is 19.0 Å². The number of rotatable bonds is 5. The number of fused-ring (bicyclic) bond motifs is 4. The molecule has 2 aromatic heterocycles. The minimum Gasteiger partial charge on any atom is -0.345 e. The normalized spacial score (nSPS) is 13.9. The Morgan fingerprint density at radius 2 is 1.70 bits per heavy atom. The van der Waals surface area contributed by atoms with Crippen molar-refractivity contribution in [3.63, 3.8) is 0 Å². The van der Waals surface area contributed by atoms with E-state index < -0.39 is 0 Å².